The number of benzene rings is 1. The fourth-order valence-electron chi connectivity index (χ4n) is 2.12. The number of nitrogens with zero attached hydrogens (tertiary/aromatic N) is 2. The molecule has 0 amide bonds. The van der Waals surface area contributed by atoms with Gasteiger partial charge in [-0.2, -0.15) is 18.2 Å². The SMILES string of the molecule is CC(C)Oc1nc(Nc2ccc(C(C)(C)C)cc2)ncc1C(F)(F)F. The molecular weight excluding hydrogens is 331 g/mol. The summed E-state index contributed by atoms with van der Waals surface area (Å²) in [5.74, 6) is -0.432. The number of alkyl halides is 3. The molecule has 0 aliphatic heterocycles. The summed E-state index contributed by atoms with van der Waals surface area (Å²) in [6.45, 7) is 9.58. The van der Waals surface area contributed by atoms with E-state index in [4.69, 9.17) is 4.74 Å². The molecule has 1 aromatic carbocycles. The molecular formula is C18H22F3N3O. The third kappa shape index (κ3) is 5.08. The molecule has 0 saturated heterocycles. The minimum atomic E-state index is -4.57. The molecule has 7 heteroatoms. The monoisotopic (exact) mass is 353 g/mol. The van der Waals surface area contributed by atoms with Crippen molar-refractivity contribution in [2.75, 3.05) is 5.32 Å². The first-order chi connectivity index (χ1) is 11.5. The van der Waals surface area contributed by atoms with Crippen molar-refractivity contribution in [2.24, 2.45) is 0 Å². The number of ether oxygens (including phenoxy) is 1. The minimum Gasteiger partial charge on any atom is -0.474 e. The molecule has 1 heterocycles. The molecule has 2 rings (SSSR count). The maximum atomic E-state index is 13.0. The van der Waals surface area contributed by atoms with Gasteiger partial charge in [0.1, 0.15) is 5.56 Å². The molecule has 0 aliphatic rings. The number of halogens is 3. The highest BCUT2D eigenvalue weighted by Gasteiger charge is 2.36. The normalized spacial score (nSPS) is 12.4. The molecule has 0 radical (unpaired) electrons. The highest BCUT2D eigenvalue weighted by atomic mass is 19.4. The van der Waals surface area contributed by atoms with Crippen LogP contribution in [0.2, 0.25) is 0 Å². The first-order valence-electron chi connectivity index (χ1n) is 7.95. The summed E-state index contributed by atoms with van der Waals surface area (Å²) >= 11 is 0. The van der Waals surface area contributed by atoms with Crippen LogP contribution in [0, 0.1) is 0 Å². The van der Waals surface area contributed by atoms with Crippen molar-refractivity contribution in [3.63, 3.8) is 0 Å². The van der Waals surface area contributed by atoms with Crippen LogP contribution in [-0.4, -0.2) is 16.1 Å². The topological polar surface area (TPSA) is 47.0 Å². The van der Waals surface area contributed by atoms with E-state index in [1.807, 2.05) is 24.3 Å². The largest absolute Gasteiger partial charge is 0.474 e. The van der Waals surface area contributed by atoms with Crippen molar-refractivity contribution in [3.05, 3.63) is 41.6 Å². The van der Waals surface area contributed by atoms with E-state index in [-0.39, 0.29) is 11.4 Å². The van der Waals surface area contributed by atoms with Gasteiger partial charge in [-0.3, -0.25) is 0 Å². The molecule has 4 nitrogen and oxygen atoms in total. The molecule has 0 unspecified atom stereocenters. The molecule has 0 fully saturated rings. The van der Waals surface area contributed by atoms with Crippen LogP contribution in [-0.2, 0) is 11.6 Å². The van der Waals surface area contributed by atoms with E-state index in [0.717, 1.165) is 11.8 Å². The van der Waals surface area contributed by atoms with Crippen molar-refractivity contribution < 1.29 is 17.9 Å². The van der Waals surface area contributed by atoms with Crippen LogP contribution in [0.3, 0.4) is 0 Å². The Labute approximate surface area is 145 Å². The van der Waals surface area contributed by atoms with Crippen LogP contribution in [0.25, 0.3) is 0 Å². The number of nitrogens with one attached hydrogen (secondary N) is 1. The minimum absolute atomic E-state index is 0.0155. The van der Waals surface area contributed by atoms with Crippen molar-refractivity contribution in [1.29, 1.82) is 0 Å². The molecule has 25 heavy (non-hydrogen) atoms. The summed E-state index contributed by atoms with van der Waals surface area (Å²) in [5, 5.41) is 2.91. The zero-order valence-electron chi connectivity index (χ0n) is 14.9. The Bertz CT molecular complexity index is 720. The third-order valence-corrected chi connectivity index (χ3v) is 3.41. The summed E-state index contributed by atoms with van der Waals surface area (Å²) in [4.78, 5) is 7.64. The zero-order valence-corrected chi connectivity index (χ0v) is 14.9. The van der Waals surface area contributed by atoms with E-state index in [1.165, 1.54) is 0 Å². The van der Waals surface area contributed by atoms with Gasteiger partial charge < -0.3 is 10.1 Å². The first-order valence-corrected chi connectivity index (χ1v) is 7.95. The second-order valence-corrected chi connectivity index (χ2v) is 7.03. The average Bonchev–Trinajstić information content (AvgIpc) is 2.45. The van der Waals surface area contributed by atoms with Gasteiger partial charge in [0.25, 0.3) is 0 Å². The second-order valence-electron chi connectivity index (χ2n) is 7.03. The fraction of sp³-hybridized carbons (Fsp3) is 0.444. The number of anilines is 2. The van der Waals surface area contributed by atoms with Crippen molar-refractivity contribution in [3.8, 4) is 5.88 Å². The highest BCUT2D eigenvalue weighted by Crippen LogP contribution is 2.35. The number of rotatable bonds is 4. The van der Waals surface area contributed by atoms with Crippen molar-refractivity contribution >= 4 is 11.6 Å². The summed E-state index contributed by atoms with van der Waals surface area (Å²) in [6.07, 6.45) is -4.27. The lowest BCUT2D eigenvalue weighted by atomic mass is 9.87. The van der Waals surface area contributed by atoms with Gasteiger partial charge in [-0.25, -0.2) is 4.98 Å². The van der Waals surface area contributed by atoms with Gasteiger partial charge in [-0.1, -0.05) is 32.9 Å². The predicted octanol–water partition coefficient (Wildman–Crippen LogP) is 5.32. The average molecular weight is 353 g/mol. The van der Waals surface area contributed by atoms with E-state index in [2.05, 4.69) is 36.1 Å². The standard InChI is InChI=1S/C18H22F3N3O/c1-11(2)25-15-14(18(19,20)21)10-22-16(24-15)23-13-8-6-12(7-9-13)17(3,4)5/h6-11H,1-5H3,(H,22,23,24). The van der Waals surface area contributed by atoms with Gasteiger partial charge in [0.05, 0.1) is 6.10 Å². The summed E-state index contributed by atoms with van der Waals surface area (Å²) in [5.41, 5.74) is 0.857. The number of aromatic nitrogens is 2. The Morgan fingerprint density at radius 1 is 1.04 bits per heavy atom. The van der Waals surface area contributed by atoms with E-state index in [9.17, 15) is 13.2 Å². The maximum Gasteiger partial charge on any atom is 0.423 e. The summed E-state index contributed by atoms with van der Waals surface area (Å²) in [7, 11) is 0. The van der Waals surface area contributed by atoms with Crippen LogP contribution < -0.4 is 10.1 Å². The fourth-order valence-corrected chi connectivity index (χ4v) is 2.12. The lowest BCUT2D eigenvalue weighted by Crippen LogP contribution is -2.15. The van der Waals surface area contributed by atoms with Crippen LogP contribution in [0.1, 0.15) is 45.7 Å². The summed E-state index contributed by atoms with van der Waals surface area (Å²) in [6, 6.07) is 7.59. The molecule has 0 bridgehead atoms. The smallest absolute Gasteiger partial charge is 0.423 e. The molecule has 2 aromatic rings. The summed E-state index contributed by atoms with van der Waals surface area (Å²) < 4.78 is 44.3. The Morgan fingerprint density at radius 3 is 2.12 bits per heavy atom. The number of hydrogen-bond acceptors (Lipinski definition) is 4. The van der Waals surface area contributed by atoms with E-state index < -0.39 is 23.7 Å². The van der Waals surface area contributed by atoms with Crippen LogP contribution in [0.15, 0.2) is 30.5 Å². The zero-order chi connectivity index (χ0) is 18.8. The highest BCUT2D eigenvalue weighted by molar-refractivity contribution is 5.54. The van der Waals surface area contributed by atoms with Gasteiger partial charge in [0, 0.05) is 11.9 Å². The van der Waals surface area contributed by atoms with Crippen LogP contribution >= 0.6 is 0 Å². The molecule has 0 saturated carbocycles. The first kappa shape index (κ1) is 19.0. The van der Waals surface area contributed by atoms with Crippen molar-refractivity contribution in [1.82, 2.24) is 9.97 Å². The van der Waals surface area contributed by atoms with E-state index in [1.54, 1.807) is 13.8 Å². The van der Waals surface area contributed by atoms with E-state index >= 15 is 0 Å². The van der Waals surface area contributed by atoms with Gasteiger partial charge in [-0.05, 0) is 37.0 Å². The van der Waals surface area contributed by atoms with Gasteiger partial charge in [0.15, 0.2) is 0 Å². The van der Waals surface area contributed by atoms with Gasteiger partial charge in [-0.15, -0.1) is 0 Å². The van der Waals surface area contributed by atoms with Gasteiger partial charge >= 0.3 is 6.18 Å². The second kappa shape index (κ2) is 6.90. The maximum absolute atomic E-state index is 13.0. The molecule has 0 atom stereocenters. The van der Waals surface area contributed by atoms with E-state index in [0.29, 0.717) is 5.69 Å². The van der Waals surface area contributed by atoms with Gasteiger partial charge in [0.2, 0.25) is 11.8 Å². The Hall–Kier alpha value is -2.31. The Kier molecular flexibility index (Phi) is 5.25. The number of hydrogen-bond donors (Lipinski definition) is 1. The van der Waals surface area contributed by atoms with Crippen LogP contribution in [0.4, 0.5) is 24.8 Å². The quantitative estimate of drug-likeness (QED) is 0.808. The lowest BCUT2D eigenvalue weighted by molar-refractivity contribution is -0.139. The van der Waals surface area contributed by atoms with Crippen LogP contribution in [0.5, 0.6) is 5.88 Å². The molecule has 0 aliphatic carbocycles. The lowest BCUT2D eigenvalue weighted by Gasteiger charge is -2.19. The molecule has 136 valence electrons. The molecule has 1 N–H and O–H groups in total. The molecule has 0 spiro atoms. The molecule has 1 aromatic heterocycles. The Morgan fingerprint density at radius 2 is 1.64 bits per heavy atom. The van der Waals surface area contributed by atoms with Crippen molar-refractivity contribution in [2.45, 2.75) is 52.3 Å². The Balaban J connectivity index is 2.28. The predicted molar refractivity (Wildman–Crippen MR) is 91.2 cm³/mol. The third-order valence-electron chi connectivity index (χ3n) is 3.41.